The van der Waals surface area contributed by atoms with Gasteiger partial charge in [0, 0.05) is 27.9 Å². The third-order valence-electron chi connectivity index (χ3n) is 3.84. The second-order valence-electron chi connectivity index (χ2n) is 5.58. The highest BCUT2D eigenvalue weighted by atomic mass is 35.5. The van der Waals surface area contributed by atoms with Crippen LogP contribution >= 0.6 is 23.4 Å². The molecule has 28 heavy (non-hydrogen) atoms. The Hall–Kier alpha value is -2.98. The molecule has 3 aromatic heterocycles. The summed E-state index contributed by atoms with van der Waals surface area (Å²) in [5.41, 5.74) is 1.74. The molecule has 4 rings (SSSR count). The number of anilines is 1. The van der Waals surface area contributed by atoms with E-state index in [1.165, 1.54) is 35.1 Å². The van der Waals surface area contributed by atoms with Gasteiger partial charge in [-0.3, -0.25) is 9.89 Å². The molecule has 1 amide bonds. The molecule has 0 bridgehead atoms. The van der Waals surface area contributed by atoms with E-state index in [4.69, 9.17) is 11.6 Å². The van der Waals surface area contributed by atoms with E-state index < -0.39 is 11.7 Å². The minimum Gasteiger partial charge on any atom is -0.319 e. The molecule has 0 radical (unpaired) electrons. The van der Waals surface area contributed by atoms with Gasteiger partial charge in [0.05, 0.1) is 23.8 Å². The Kier molecular flexibility index (Phi) is 4.97. The van der Waals surface area contributed by atoms with Gasteiger partial charge in [-0.1, -0.05) is 23.4 Å². The molecule has 142 valence electrons. The molecule has 11 heteroatoms. The lowest BCUT2D eigenvalue weighted by Gasteiger charge is -2.10. The van der Waals surface area contributed by atoms with Gasteiger partial charge in [-0.15, -0.1) is 0 Å². The Morgan fingerprint density at radius 1 is 1.32 bits per heavy atom. The van der Waals surface area contributed by atoms with Crippen LogP contribution in [0.2, 0.25) is 5.02 Å². The zero-order chi connectivity index (χ0) is 19.7. The fourth-order valence-corrected chi connectivity index (χ4v) is 3.46. The number of nitrogens with zero attached hydrogens (tertiary/aromatic N) is 4. The van der Waals surface area contributed by atoms with Crippen LogP contribution in [0.3, 0.4) is 0 Å². The molecule has 0 aliphatic heterocycles. The number of alkyl halides is 2. The summed E-state index contributed by atoms with van der Waals surface area (Å²) in [6.07, 6.45) is 6.01. The van der Waals surface area contributed by atoms with Crippen molar-refractivity contribution in [1.29, 1.82) is 0 Å². The smallest absolute Gasteiger partial charge is 0.288 e. The number of rotatable bonds is 5. The highest BCUT2D eigenvalue weighted by Gasteiger charge is 2.20. The van der Waals surface area contributed by atoms with Crippen LogP contribution < -0.4 is 5.32 Å². The van der Waals surface area contributed by atoms with E-state index in [1.807, 2.05) is 0 Å². The summed E-state index contributed by atoms with van der Waals surface area (Å²) in [7, 11) is 0. The van der Waals surface area contributed by atoms with Crippen molar-refractivity contribution in [3.63, 3.8) is 0 Å². The van der Waals surface area contributed by atoms with Crippen LogP contribution in [-0.2, 0) is 0 Å². The van der Waals surface area contributed by atoms with E-state index in [0.29, 0.717) is 44.3 Å². The first-order chi connectivity index (χ1) is 13.5. The van der Waals surface area contributed by atoms with E-state index >= 15 is 0 Å². The number of H-pyrrole nitrogens is 1. The quantitative estimate of drug-likeness (QED) is 0.469. The zero-order valence-electron chi connectivity index (χ0n) is 13.9. The molecular formula is C17H11ClF2N6OS. The first-order valence-electron chi connectivity index (χ1n) is 7.91. The van der Waals surface area contributed by atoms with E-state index in [-0.39, 0.29) is 5.56 Å². The van der Waals surface area contributed by atoms with Gasteiger partial charge in [-0.05, 0) is 24.3 Å². The van der Waals surface area contributed by atoms with Gasteiger partial charge in [-0.25, -0.2) is 9.50 Å². The number of fused-ring (bicyclic) bond motifs is 1. The van der Waals surface area contributed by atoms with Gasteiger partial charge in [0.25, 0.3) is 11.7 Å². The van der Waals surface area contributed by atoms with Crippen molar-refractivity contribution < 1.29 is 13.6 Å². The summed E-state index contributed by atoms with van der Waals surface area (Å²) in [6.45, 7) is 0. The minimum absolute atomic E-state index is 0.265. The summed E-state index contributed by atoms with van der Waals surface area (Å²) < 4.78 is 27.3. The predicted molar refractivity (Wildman–Crippen MR) is 102 cm³/mol. The number of hydrogen-bond acceptors (Lipinski definition) is 5. The summed E-state index contributed by atoms with van der Waals surface area (Å²) in [4.78, 5) is 17.1. The van der Waals surface area contributed by atoms with Gasteiger partial charge < -0.3 is 5.32 Å². The summed E-state index contributed by atoms with van der Waals surface area (Å²) in [5, 5.41) is 13.8. The van der Waals surface area contributed by atoms with Crippen molar-refractivity contribution in [3.05, 3.63) is 59.6 Å². The second kappa shape index (κ2) is 7.56. The lowest BCUT2D eigenvalue weighted by molar-refractivity contribution is 0.102. The number of halogens is 3. The van der Waals surface area contributed by atoms with Crippen molar-refractivity contribution in [3.8, 4) is 11.3 Å². The number of carbonyl (C=O) groups is 1. The largest absolute Gasteiger partial charge is 0.319 e. The molecule has 0 fully saturated rings. The van der Waals surface area contributed by atoms with Crippen LogP contribution in [0.1, 0.15) is 10.4 Å². The average molecular weight is 421 g/mol. The van der Waals surface area contributed by atoms with Crippen LogP contribution in [-0.4, -0.2) is 36.5 Å². The van der Waals surface area contributed by atoms with Gasteiger partial charge in [0.2, 0.25) is 0 Å². The molecular weight excluding hydrogens is 410 g/mol. The highest BCUT2D eigenvalue weighted by Crippen LogP contribution is 2.38. The highest BCUT2D eigenvalue weighted by molar-refractivity contribution is 7.99. The standard InChI is InChI=1S/C17H11ClF2N6OS/c18-9-2-3-13(28-17(19)20)10(6-9)14-12(8-22-25-14)24-16(27)11-7-23-26-5-1-4-21-15(11)26/h1-8,17H,(H,22,25)(H,24,27). The molecule has 2 N–H and O–H groups in total. The third-order valence-corrected chi connectivity index (χ3v) is 4.86. The Labute approximate surface area is 166 Å². The van der Waals surface area contributed by atoms with Crippen molar-refractivity contribution in [1.82, 2.24) is 24.8 Å². The molecule has 0 spiro atoms. The Morgan fingerprint density at radius 3 is 3.00 bits per heavy atom. The first kappa shape index (κ1) is 18.4. The zero-order valence-corrected chi connectivity index (χ0v) is 15.5. The molecule has 0 unspecified atom stereocenters. The number of amides is 1. The molecule has 0 saturated heterocycles. The molecule has 0 saturated carbocycles. The number of thioether (sulfide) groups is 1. The molecule has 1 aromatic carbocycles. The third kappa shape index (κ3) is 3.56. The predicted octanol–water partition coefficient (Wildman–Crippen LogP) is 4.34. The second-order valence-corrected chi connectivity index (χ2v) is 7.05. The first-order valence-corrected chi connectivity index (χ1v) is 9.16. The van der Waals surface area contributed by atoms with Gasteiger partial charge in [0.15, 0.2) is 5.65 Å². The van der Waals surface area contributed by atoms with Crippen molar-refractivity contribution in [2.45, 2.75) is 10.7 Å². The van der Waals surface area contributed by atoms with Crippen LogP contribution in [0, 0.1) is 0 Å². The Balaban J connectivity index is 1.69. The molecule has 7 nitrogen and oxygen atoms in total. The van der Waals surface area contributed by atoms with Gasteiger partial charge >= 0.3 is 0 Å². The molecule has 4 aromatic rings. The van der Waals surface area contributed by atoms with Gasteiger partial charge in [0.1, 0.15) is 5.56 Å². The summed E-state index contributed by atoms with van der Waals surface area (Å²) >= 11 is 6.42. The number of hydrogen-bond donors (Lipinski definition) is 2. The van der Waals surface area contributed by atoms with E-state index in [2.05, 4.69) is 25.6 Å². The normalized spacial score (nSPS) is 11.3. The lowest BCUT2D eigenvalue weighted by Crippen LogP contribution is -2.12. The lowest BCUT2D eigenvalue weighted by atomic mass is 10.1. The SMILES string of the molecule is O=C(Nc1cn[nH]c1-c1cc(Cl)ccc1SC(F)F)c1cnn2cccnc12. The van der Waals surface area contributed by atoms with Crippen LogP contribution in [0.5, 0.6) is 0 Å². The molecule has 0 aliphatic rings. The van der Waals surface area contributed by atoms with Crippen molar-refractivity contribution in [2.75, 3.05) is 5.32 Å². The van der Waals surface area contributed by atoms with E-state index in [0.717, 1.165) is 0 Å². The van der Waals surface area contributed by atoms with Crippen molar-refractivity contribution >= 4 is 40.6 Å². The number of carbonyl (C=O) groups excluding carboxylic acids is 1. The molecule has 0 aliphatic carbocycles. The van der Waals surface area contributed by atoms with E-state index in [1.54, 1.807) is 18.5 Å². The maximum atomic E-state index is 12.9. The fraction of sp³-hybridized carbons (Fsp3) is 0.0588. The molecule has 0 atom stereocenters. The number of aromatic nitrogens is 5. The van der Waals surface area contributed by atoms with Crippen molar-refractivity contribution in [2.24, 2.45) is 0 Å². The van der Waals surface area contributed by atoms with E-state index in [9.17, 15) is 13.6 Å². The Morgan fingerprint density at radius 2 is 2.18 bits per heavy atom. The Bertz CT molecular complexity index is 1160. The fourth-order valence-electron chi connectivity index (χ4n) is 2.66. The maximum Gasteiger partial charge on any atom is 0.288 e. The maximum absolute atomic E-state index is 12.9. The number of nitrogens with one attached hydrogen (secondary N) is 2. The topological polar surface area (TPSA) is 88.0 Å². The summed E-state index contributed by atoms with van der Waals surface area (Å²) in [6, 6.07) is 6.24. The van der Waals surface area contributed by atoms with Gasteiger partial charge in [-0.2, -0.15) is 19.0 Å². The average Bonchev–Trinajstić information content (AvgIpc) is 3.29. The summed E-state index contributed by atoms with van der Waals surface area (Å²) in [5.74, 6) is -3.06. The van der Waals surface area contributed by atoms with Crippen LogP contribution in [0.15, 0.2) is 53.9 Å². The van der Waals surface area contributed by atoms with Crippen LogP contribution in [0.4, 0.5) is 14.5 Å². The monoisotopic (exact) mass is 420 g/mol. The molecule has 3 heterocycles. The van der Waals surface area contributed by atoms with Crippen LogP contribution in [0.25, 0.3) is 16.9 Å². The number of aromatic amines is 1. The number of benzene rings is 1. The minimum atomic E-state index is -2.61.